The SMILES string of the molecule is CC(C)(CCNC(=O)CSCCNC(=O)OCC1c2ccccc2-c2ccccc21)C(=O)O. The fraction of sp³-hybridized carbons (Fsp3) is 0.400. The van der Waals surface area contributed by atoms with Gasteiger partial charge >= 0.3 is 12.1 Å². The number of hydrogen-bond acceptors (Lipinski definition) is 5. The topological polar surface area (TPSA) is 105 Å². The van der Waals surface area contributed by atoms with Crippen molar-refractivity contribution >= 4 is 29.7 Å². The Balaban J connectivity index is 1.33. The van der Waals surface area contributed by atoms with Crippen molar-refractivity contribution in [3.63, 3.8) is 0 Å². The van der Waals surface area contributed by atoms with Crippen molar-refractivity contribution in [2.45, 2.75) is 26.2 Å². The van der Waals surface area contributed by atoms with Gasteiger partial charge < -0.3 is 20.5 Å². The van der Waals surface area contributed by atoms with Crippen LogP contribution in [0.1, 0.15) is 37.3 Å². The zero-order valence-corrected chi connectivity index (χ0v) is 19.7. The summed E-state index contributed by atoms with van der Waals surface area (Å²) in [6, 6.07) is 16.4. The normalized spacial score (nSPS) is 12.5. The molecule has 0 heterocycles. The summed E-state index contributed by atoms with van der Waals surface area (Å²) >= 11 is 1.39. The van der Waals surface area contributed by atoms with Crippen LogP contribution in [-0.4, -0.2) is 54.3 Å². The Labute approximate surface area is 198 Å². The monoisotopic (exact) mass is 470 g/mol. The molecule has 7 nitrogen and oxygen atoms in total. The zero-order chi connectivity index (χ0) is 23.8. The maximum absolute atomic E-state index is 12.1. The van der Waals surface area contributed by atoms with E-state index in [0.717, 1.165) is 0 Å². The van der Waals surface area contributed by atoms with Crippen molar-refractivity contribution in [3.05, 3.63) is 59.7 Å². The highest BCUT2D eigenvalue weighted by Crippen LogP contribution is 2.44. The third-order valence-electron chi connectivity index (χ3n) is 5.74. The molecule has 0 aromatic heterocycles. The van der Waals surface area contributed by atoms with Crippen LogP contribution in [0.15, 0.2) is 48.5 Å². The maximum Gasteiger partial charge on any atom is 0.407 e. The standard InChI is InChI=1S/C25H30N2O5S/c1-25(2,23(29)30)11-12-26-22(28)16-33-14-13-27-24(31)32-15-21-19-9-5-3-7-17(19)18-8-4-6-10-20(18)21/h3-10,21H,11-16H2,1-2H3,(H,26,28)(H,27,31)(H,29,30). The Morgan fingerprint density at radius 1 is 0.970 bits per heavy atom. The molecule has 1 aliphatic rings. The van der Waals surface area contributed by atoms with Gasteiger partial charge in [0.05, 0.1) is 11.2 Å². The third-order valence-corrected chi connectivity index (χ3v) is 6.70. The van der Waals surface area contributed by atoms with Gasteiger partial charge in [-0.3, -0.25) is 9.59 Å². The van der Waals surface area contributed by atoms with Gasteiger partial charge in [0.15, 0.2) is 0 Å². The molecule has 2 aromatic rings. The van der Waals surface area contributed by atoms with Crippen LogP contribution in [0, 0.1) is 5.41 Å². The predicted octanol–water partition coefficient (Wildman–Crippen LogP) is 3.88. The van der Waals surface area contributed by atoms with E-state index in [2.05, 4.69) is 34.9 Å². The number of benzene rings is 2. The van der Waals surface area contributed by atoms with Gasteiger partial charge in [-0.05, 0) is 42.5 Å². The van der Waals surface area contributed by atoms with Crippen molar-refractivity contribution in [2.75, 3.05) is 31.2 Å². The molecule has 0 saturated carbocycles. The average Bonchev–Trinajstić information content (AvgIpc) is 3.11. The largest absolute Gasteiger partial charge is 0.481 e. The molecule has 2 amide bonds. The Bertz CT molecular complexity index is 962. The zero-order valence-electron chi connectivity index (χ0n) is 18.9. The molecule has 0 aliphatic heterocycles. The lowest BCUT2D eigenvalue weighted by atomic mass is 9.90. The van der Waals surface area contributed by atoms with Crippen LogP contribution in [0.5, 0.6) is 0 Å². The van der Waals surface area contributed by atoms with E-state index < -0.39 is 17.5 Å². The second kappa shape index (κ2) is 11.2. The molecule has 8 heteroatoms. The van der Waals surface area contributed by atoms with Gasteiger partial charge in [0.25, 0.3) is 0 Å². The van der Waals surface area contributed by atoms with Crippen LogP contribution in [0.4, 0.5) is 4.79 Å². The second-order valence-electron chi connectivity index (χ2n) is 8.59. The lowest BCUT2D eigenvalue weighted by molar-refractivity contribution is -0.147. The number of carbonyl (C=O) groups excluding carboxylic acids is 2. The lowest BCUT2D eigenvalue weighted by Gasteiger charge is -2.18. The van der Waals surface area contributed by atoms with Crippen LogP contribution in [0.2, 0.25) is 0 Å². The van der Waals surface area contributed by atoms with E-state index >= 15 is 0 Å². The first kappa shape index (κ1) is 24.6. The highest BCUT2D eigenvalue weighted by atomic mass is 32.2. The fourth-order valence-corrected chi connectivity index (χ4v) is 4.39. The van der Waals surface area contributed by atoms with E-state index in [1.165, 1.54) is 34.0 Å². The molecule has 0 bridgehead atoms. The van der Waals surface area contributed by atoms with Crippen LogP contribution in [-0.2, 0) is 14.3 Å². The molecule has 176 valence electrons. The van der Waals surface area contributed by atoms with Crippen LogP contribution in [0.25, 0.3) is 11.1 Å². The summed E-state index contributed by atoms with van der Waals surface area (Å²) in [5.41, 5.74) is 3.83. The average molecular weight is 471 g/mol. The first-order valence-electron chi connectivity index (χ1n) is 11.0. The smallest absolute Gasteiger partial charge is 0.407 e. The number of thioether (sulfide) groups is 1. The quantitative estimate of drug-likeness (QED) is 0.431. The van der Waals surface area contributed by atoms with Gasteiger partial charge in [0, 0.05) is 24.8 Å². The lowest BCUT2D eigenvalue weighted by Crippen LogP contribution is -2.33. The minimum atomic E-state index is -0.884. The van der Waals surface area contributed by atoms with Crippen LogP contribution < -0.4 is 10.6 Å². The van der Waals surface area contributed by atoms with Crippen LogP contribution in [0.3, 0.4) is 0 Å². The molecule has 1 aliphatic carbocycles. The number of nitrogens with one attached hydrogen (secondary N) is 2. The molecule has 0 fully saturated rings. The summed E-state index contributed by atoms with van der Waals surface area (Å²) < 4.78 is 5.49. The molecule has 0 saturated heterocycles. The summed E-state index contributed by atoms with van der Waals surface area (Å²) in [5, 5.41) is 14.5. The van der Waals surface area contributed by atoms with Gasteiger partial charge in [-0.15, -0.1) is 0 Å². The molecule has 33 heavy (non-hydrogen) atoms. The Kier molecular flexibility index (Phi) is 8.38. The number of rotatable bonds is 11. The highest BCUT2D eigenvalue weighted by molar-refractivity contribution is 7.99. The fourth-order valence-electron chi connectivity index (χ4n) is 3.71. The summed E-state index contributed by atoms with van der Waals surface area (Å²) in [4.78, 5) is 35.1. The van der Waals surface area contributed by atoms with E-state index in [-0.39, 0.29) is 24.2 Å². The minimum Gasteiger partial charge on any atom is -0.481 e. The van der Waals surface area contributed by atoms with Gasteiger partial charge in [0.1, 0.15) is 6.61 Å². The van der Waals surface area contributed by atoms with Gasteiger partial charge in [-0.1, -0.05) is 48.5 Å². The number of ether oxygens (including phenoxy) is 1. The molecule has 0 atom stereocenters. The molecule has 3 rings (SSSR count). The molecule has 0 unspecified atom stereocenters. The maximum atomic E-state index is 12.1. The Hall–Kier alpha value is -3.00. The van der Waals surface area contributed by atoms with Gasteiger partial charge in [-0.2, -0.15) is 11.8 Å². The van der Waals surface area contributed by atoms with E-state index in [0.29, 0.717) is 25.3 Å². The minimum absolute atomic E-state index is 0.0207. The van der Waals surface area contributed by atoms with Gasteiger partial charge in [0.2, 0.25) is 5.91 Å². The number of alkyl carbamates (subject to hydrolysis) is 1. The van der Waals surface area contributed by atoms with E-state index in [9.17, 15) is 14.4 Å². The number of carboxylic acids is 1. The molecule has 0 spiro atoms. The summed E-state index contributed by atoms with van der Waals surface area (Å²) in [6.45, 7) is 4.23. The van der Waals surface area contributed by atoms with Crippen molar-refractivity contribution in [1.29, 1.82) is 0 Å². The Morgan fingerprint density at radius 2 is 1.58 bits per heavy atom. The van der Waals surface area contributed by atoms with E-state index in [1.54, 1.807) is 13.8 Å². The Morgan fingerprint density at radius 3 is 2.18 bits per heavy atom. The summed E-state index contributed by atoms with van der Waals surface area (Å²) in [7, 11) is 0. The van der Waals surface area contributed by atoms with E-state index in [4.69, 9.17) is 9.84 Å². The van der Waals surface area contributed by atoms with Gasteiger partial charge in [-0.25, -0.2) is 4.79 Å². The first-order valence-corrected chi connectivity index (χ1v) is 12.1. The molecule has 3 N–H and O–H groups in total. The first-order chi connectivity index (χ1) is 15.8. The highest BCUT2D eigenvalue weighted by Gasteiger charge is 2.29. The molecule has 0 radical (unpaired) electrons. The number of hydrogen-bond donors (Lipinski definition) is 3. The summed E-state index contributed by atoms with van der Waals surface area (Å²) in [6.07, 6.45) is -0.111. The number of fused-ring (bicyclic) bond motifs is 3. The predicted molar refractivity (Wildman–Crippen MR) is 129 cm³/mol. The van der Waals surface area contributed by atoms with Crippen LogP contribution >= 0.6 is 11.8 Å². The summed E-state index contributed by atoms with van der Waals surface area (Å²) in [5.74, 6) is -0.196. The van der Waals surface area contributed by atoms with Crippen molar-refractivity contribution in [3.8, 4) is 11.1 Å². The number of carboxylic acid groups (broad SMARTS) is 1. The number of carbonyl (C=O) groups is 3. The number of aliphatic carboxylic acids is 1. The molecular formula is C25H30N2O5S. The number of amides is 2. The molecule has 2 aromatic carbocycles. The van der Waals surface area contributed by atoms with Crippen molar-refractivity contribution in [1.82, 2.24) is 10.6 Å². The third kappa shape index (κ3) is 6.51. The molecular weight excluding hydrogens is 440 g/mol. The van der Waals surface area contributed by atoms with Crippen molar-refractivity contribution in [2.24, 2.45) is 5.41 Å². The van der Waals surface area contributed by atoms with Crippen molar-refractivity contribution < 1.29 is 24.2 Å². The second-order valence-corrected chi connectivity index (χ2v) is 9.70. The van der Waals surface area contributed by atoms with E-state index in [1.807, 2.05) is 24.3 Å².